The van der Waals surface area contributed by atoms with Gasteiger partial charge in [0.2, 0.25) is 0 Å². The summed E-state index contributed by atoms with van der Waals surface area (Å²) in [6, 6.07) is 0.509. The molecule has 3 heteroatoms. The van der Waals surface area contributed by atoms with Gasteiger partial charge in [-0.3, -0.25) is 4.99 Å². The second-order valence-electron chi connectivity index (χ2n) is 2.36. The van der Waals surface area contributed by atoms with Gasteiger partial charge in [0.15, 0.2) is 5.96 Å². The number of nitrogens with two attached hydrogens (primary N) is 1. The van der Waals surface area contributed by atoms with Crippen molar-refractivity contribution in [3.63, 3.8) is 0 Å². The molecule has 0 fully saturated rings. The maximum atomic E-state index is 5.39. The van der Waals surface area contributed by atoms with Crippen LogP contribution in [0.5, 0.6) is 0 Å². The lowest BCUT2D eigenvalue weighted by Gasteiger charge is -2.06. The summed E-state index contributed by atoms with van der Waals surface area (Å²) in [6.45, 7) is 3.02. The van der Waals surface area contributed by atoms with E-state index in [1.807, 2.05) is 0 Å². The number of rotatable bonds is 2. The first-order chi connectivity index (χ1) is 4.33. The normalized spacial score (nSPS) is 25.4. The standard InChI is InChI=1S/C6H13N3/c1-2-3-5-4-8-6(7)9-5/h5H,2-4H2,1H3,(H3,7,8,9). The molecule has 1 unspecified atom stereocenters. The maximum Gasteiger partial charge on any atom is 0.188 e. The smallest absolute Gasteiger partial charge is 0.188 e. The molecule has 3 N–H and O–H groups in total. The number of aliphatic imine (C=N–C) groups is 1. The summed E-state index contributed by atoms with van der Waals surface area (Å²) in [5, 5.41) is 3.08. The van der Waals surface area contributed by atoms with Crippen molar-refractivity contribution >= 4 is 5.96 Å². The van der Waals surface area contributed by atoms with Crippen LogP contribution in [0.4, 0.5) is 0 Å². The van der Waals surface area contributed by atoms with Crippen LogP contribution >= 0.6 is 0 Å². The lowest BCUT2D eigenvalue weighted by molar-refractivity contribution is 0.591. The van der Waals surface area contributed by atoms with Crippen LogP contribution in [-0.4, -0.2) is 18.5 Å². The molecule has 0 aromatic carbocycles. The lowest BCUT2D eigenvalue weighted by atomic mass is 10.2. The highest BCUT2D eigenvalue weighted by molar-refractivity contribution is 5.79. The van der Waals surface area contributed by atoms with E-state index >= 15 is 0 Å². The molecule has 3 nitrogen and oxygen atoms in total. The second-order valence-corrected chi connectivity index (χ2v) is 2.36. The lowest BCUT2D eigenvalue weighted by Crippen LogP contribution is -2.34. The first-order valence-electron chi connectivity index (χ1n) is 3.39. The quantitative estimate of drug-likeness (QED) is 0.551. The summed E-state index contributed by atoms with van der Waals surface area (Å²) in [5.41, 5.74) is 5.39. The fourth-order valence-electron chi connectivity index (χ4n) is 1.02. The summed E-state index contributed by atoms with van der Waals surface area (Å²) in [5.74, 6) is 0.605. The van der Waals surface area contributed by atoms with Gasteiger partial charge in [-0.05, 0) is 6.42 Å². The van der Waals surface area contributed by atoms with Crippen LogP contribution in [0.15, 0.2) is 4.99 Å². The van der Waals surface area contributed by atoms with Gasteiger partial charge in [-0.25, -0.2) is 0 Å². The van der Waals surface area contributed by atoms with Crippen LogP contribution in [0.3, 0.4) is 0 Å². The molecule has 1 heterocycles. The van der Waals surface area contributed by atoms with E-state index in [1.165, 1.54) is 12.8 Å². The molecular weight excluding hydrogens is 114 g/mol. The van der Waals surface area contributed by atoms with E-state index in [9.17, 15) is 0 Å². The van der Waals surface area contributed by atoms with E-state index in [2.05, 4.69) is 17.2 Å². The third kappa shape index (κ3) is 1.59. The van der Waals surface area contributed by atoms with Gasteiger partial charge in [-0.2, -0.15) is 0 Å². The van der Waals surface area contributed by atoms with Crippen LogP contribution < -0.4 is 11.1 Å². The zero-order valence-corrected chi connectivity index (χ0v) is 5.72. The van der Waals surface area contributed by atoms with Crippen LogP contribution in [0.1, 0.15) is 19.8 Å². The Morgan fingerprint density at radius 2 is 2.67 bits per heavy atom. The molecule has 0 bridgehead atoms. The SMILES string of the molecule is CCCC1CN=C(N)N1. The van der Waals surface area contributed by atoms with Crippen molar-refractivity contribution < 1.29 is 0 Å². The Kier molecular flexibility index (Phi) is 1.92. The predicted octanol–water partition coefficient (Wildman–Crippen LogP) is 0.0730. The predicted molar refractivity (Wildman–Crippen MR) is 38.3 cm³/mol. The Hall–Kier alpha value is -0.730. The van der Waals surface area contributed by atoms with Gasteiger partial charge in [0.05, 0.1) is 6.54 Å². The summed E-state index contributed by atoms with van der Waals surface area (Å²) in [4.78, 5) is 4.02. The molecule has 52 valence electrons. The van der Waals surface area contributed by atoms with Gasteiger partial charge in [-0.15, -0.1) is 0 Å². The Balaban J connectivity index is 2.21. The molecule has 0 amide bonds. The summed E-state index contributed by atoms with van der Waals surface area (Å²) in [7, 11) is 0. The minimum absolute atomic E-state index is 0.509. The van der Waals surface area contributed by atoms with E-state index in [4.69, 9.17) is 5.73 Å². The fourth-order valence-corrected chi connectivity index (χ4v) is 1.02. The Bertz CT molecular complexity index is 119. The second kappa shape index (κ2) is 2.71. The highest BCUT2D eigenvalue weighted by Gasteiger charge is 2.12. The number of nitrogens with zero attached hydrogens (tertiary/aromatic N) is 1. The highest BCUT2D eigenvalue weighted by atomic mass is 15.2. The Morgan fingerprint density at radius 1 is 1.89 bits per heavy atom. The number of hydrogen-bond donors (Lipinski definition) is 2. The van der Waals surface area contributed by atoms with Gasteiger partial charge < -0.3 is 11.1 Å². The van der Waals surface area contributed by atoms with Crippen molar-refractivity contribution in [2.45, 2.75) is 25.8 Å². The Morgan fingerprint density at radius 3 is 3.11 bits per heavy atom. The van der Waals surface area contributed by atoms with E-state index < -0.39 is 0 Å². The van der Waals surface area contributed by atoms with Crippen LogP contribution in [-0.2, 0) is 0 Å². The van der Waals surface area contributed by atoms with Crippen LogP contribution in [0, 0.1) is 0 Å². The van der Waals surface area contributed by atoms with Crippen molar-refractivity contribution in [2.75, 3.05) is 6.54 Å². The molecule has 0 aromatic rings. The van der Waals surface area contributed by atoms with Crippen LogP contribution in [0.2, 0.25) is 0 Å². The molecular formula is C6H13N3. The van der Waals surface area contributed by atoms with Crippen LogP contribution in [0.25, 0.3) is 0 Å². The monoisotopic (exact) mass is 127 g/mol. The first kappa shape index (κ1) is 6.39. The average Bonchev–Trinajstić information content (AvgIpc) is 2.17. The van der Waals surface area contributed by atoms with Crippen molar-refractivity contribution in [2.24, 2.45) is 10.7 Å². The third-order valence-electron chi connectivity index (χ3n) is 1.47. The van der Waals surface area contributed by atoms with Gasteiger partial charge in [-0.1, -0.05) is 13.3 Å². The summed E-state index contributed by atoms with van der Waals surface area (Å²) >= 11 is 0. The number of hydrogen-bond acceptors (Lipinski definition) is 3. The summed E-state index contributed by atoms with van der Waals surface area (Å²) < 4.78 is 0. The molecule has 0 spiro atoms. The molecule has 1 aliphatic rings. The molecule has 0 saturated heterocycles. The van der Waals surface area contributed by atoms with Crippen molar-refractivity contribution in [1.29, 1.82) is 0 Å². The molecule has 1 atom stereocenters. The van der Waals surface area contributed by atoms with Gasteiger partial charge >= 0.3 is 0 Å². The Labute approximate surface area is 55.3 Å². The van der Waals surface area contributed by atoms with Crippen molar-refractivity contribution in [1.82, 2.24) is 5.32 Å². The van der Waals surface area contributed by atoms with Crippen molar-refractivity contribution in [3.05, 3.63) is 0 Å². The molecule has 0 aromatic heterocycles. The number of guanidine groups is 1. The minimum atomic E-state index is 0.509. The largest absolute Gasteiger partial charge is 0.370 e. The topological polar surface area (TPSA) is 50.4 Å². The molecule has 9 heavy (non-hydrogen) atoms. The molecule has 0 aliphatic carbocycles. The fraction of sp³-hybridized carbons (Fsp3) is 0.833. The molecule has 0 saturated carbocycles. The maximum absolute atomic E-state index is 5.39. The first-order valence-corrected chi connectivity index (χ1v) is 3.39. The highest BCUT2D eigenvalue weighted by Crippen LogP contribution is 2.00. The van der Waals surface area contributed by atoms with Crippen molar-refractivity contribution in [3.8, 4) is 0 Å². The zero-order chi connectivity index (χ0) is 6.69. The van der Waals surface area contributed by atoms with E-state index in [0.717, 1.165) is 6.54 Å². The zero-order valence-electron chi connectivity index (χ0n) is 5.72. The number of nitrogens with one attached hydrogen (secondary N) is 1. The minimum Gasteiger partial charge on any atom is -0.370 e. The van der Waals surface area contributed by atoms with Gasteiger partial charge in [0.25, 0.3) is 0 Å². The van der Waals surface area contributed by atoms with Gasteiger partial charge in [0.1, 0.15) is 0 Å². The molecule has 0 radical (unpaired) electrons. The van der Waals surface area contributed by atoms with E-state index in [-0.39, 0.29) is 0 Å². The average molecular weight is 127 g/mol. The van der Waals surface area contributed by atoms with E-state index in [1.54, 1.807) is 0 Å². The molecule has 1 rings (SSSR count). The molecule has 1 aliphatic heterocycles. The third-order valence-corrected chi connectivity index (χ3v) is 1.47. The van der Waals surface area contributed by atoms with E-state index in [0.29, 0.717) is 12.0 Å². The van der Waals surface area contributed by atoms with Gasteiger partial charge in [0, 0.05) is 6.04 Å². The summed E-state index contributed by atoms with van der Waals surface area (Å²) in [6.07, 6.45) is 2.37.